The fraction of sp³-hybridized carbons (Fsp3) is 0.455. The molecule has 0 radical (unpaired) electrons. The summed E-state index contributed by atoms with van der Waals surface area (Å²) in [4.78, 5) is 0.194. The van der Waals surface area contributed by atoms with Crippen molar-refractivity contribution in [1.29, 1.82) is 0 Å². The zero-order valence-corrected chi connectivity index (χ0v) is 11.7. The maximum Gasteiger partial charge on any atom is 0.241 e. The molecule has 1 aromatic carbocycles. The average molecular weight is 277 g/mol. The van der Waals surface area contributed by atoms with E-state index in [0.29, 0.717) is 10.6 Å². The van der Waals surface area contributed by atoms with Gasteiger partial charge in [-0.05, 0) is 44.0 Å². The van der Waals surface area contributed by atoms with Gasteiger partial charge in [-0.25, -0.2) is 13.1 Å². The van der Waals surface area contributed by atoms with E-state index in [-0.39, 0.29) is 17.5 Å². The summed E-state index contributed by atoms with van der Waals surface area (Å²) in [7, 11) is -3.54. The summed E-state index contributed by atoms with van der Waals surface area (Å²) in [6, 6.07) is 2.96. The van der Waals surface area contributed by atoms with Gasteiger partial charge in [0.15, 0.2) is 0 Å². The molecule has 0 saturated heterocycles. The lowest BCUT2D eigenvalue weighted by Gasteiger charge is -2.14. The number of sulfonamides is 1. The van der Waals surface area contributed by atoms with Crippen LogP contribution >= 0.6 is 11.6 Å². The molecule has 6 heteroatoms. The van der Waals surface area contributed by atoms with Crippen molar-refractivity contribution >= 4 is 21.6 Å². The van der Waals surface area contributed by atoms with Crippen LogP contribution in [0, 0.1) is 6.92 Å². The summed E-state index contributed by atoms with van der Waals surface area (Å²) in [6.07, 6.45) is 0. The van der Waals surface area contributed by atoms with E-state index < -0.39 is 10.0 Å². The van der Waals surface area contributed by atoms with Crippen molar-refractivity contribution in [3.8, 4) is 0 Å². The lowest BCUT2D eigenvalue weighted by molar-refractivity contribution is 0.569. The van der Waals surface area contributed by atoms with Crippen LogP contribution in [0.2, 0.25) is 5.02 Å². The Kier molecular flexibility index (Phi) is 4.55. The van der Waals surface area contributed by atoms with Crippen LogP contribution in [0.1, 0.15) is 25.0 Å². The van der Waals surface area contributed by atoms with Crippen molar-refractivity contribution in [3.63, 3.8) is 0 Å². The standard InChI is InChI=1S/C11H17ClN2O2S/c1-7(2)14-17(15,16)11-5-10(12)4-9(6-13)8(11)3/h4-5,7,14H,6,13H2,1-3H3. The van der Waals surface area contributed by atoms with Gasteiger partial charge in [-0.15, -0.1) is 0 Å². The Morgan fingerprint density at radius 2 is 2.00 bits per heavy atom. The molecule has 0 aliphatic carbocycles. The molecule has 0 atom stereocenters. The van der Waals surface area contributed by atoms with Crippen molar-refractivity contribution in [1.82, 2.24) is 4.72 Å². The Morgan fingerprint density at radius 1 is 1.41 bits per heavy atom. The summed E-state index contributed by atoms with van der Waals surface area (Å²) in [5.41, 5.74) is 6.94. The molecule has 1 rings (SSSR count). The van der Waals surface area contributed by atoms with Gasteiger partial charge in [-0.3, -0.25) is 0 Å². The zero-order chi connectivity index (χ0) is 13.2. The topological polar surface area (TPSA) is 72.2 Å². The lowest BCUT2D eigenvalue weighted by Crippen LogP contribution is -2.31. The van der Waals surface area contributed by atoms with Crippen LogP contribution in [-0.4, -0.2) is 14.5 Å². The highest BCUT2D eigenvalue weighted by Crippen LogP contribution is 2.24. The molecular formula is C11H17ClN2O2S. The van der Waals surface area contributed by atoms with Crippen LogP contribution in [-0.2, 0) is 16.6 Å². The third-order valence-corrected chi connectivity index (χ3v) is 4.34. The number of rotatable bonds is 4. The molecule has 0 heterocycles. The minimum Gasteiger partial charge on any atom is -0.326 e. The van der Waals surface area contributed by atoms with Crippen molar-refractivity contribution in [2.75, 3.05) is 0 Å². The first-order valence-corrected chi connectivity index (χ1v) is 7.15. The molecule has 0 aliphatic heterocycles. The first-order chi connectivity index (χ1) is 7.77. The van der Waals surface area contributed by atoms with Crippen molar-refractivity contribution in [3.05, 3.63) is 28.3 Å². The fourth-order valence-electron chi connectivity index (χ4n) is 1.57. The van der Waals surface area contributed by atoms with E-state index >= 15 is 0 Å². The van der Waals surface area contributed by atoms with Gasteiger partial charge in [-0.1, -0.05) is 11.6 Å². The van der Waals surface area contributed by atoms with E-state index in [1.165, 1.54) is 6.07 Å². The Morgan fingerprint density at radius 3 is 2.47 bits per heavy atom. The number of benzene rings is 1. The molecule has 0 saturated carbocycles. The van der Waals surface area contributed by atoms with E-state index in [1.54, 1.807) is 26.8 Å². The van der Waals surface area contributed by atoms with Crippen molar-refractivity contribution in [2.24, 2.45) is 5.73 Å². The molecule has 96 valence electrons. The molecule has 0 spiro atoms. The van der Waals surface area contributed by atoms with Gasteiger partial charge in [0.1, 0.15) is 0 Å². The molecule has 3 N–H and O–H groups in total. The number of hydrogen-bond acceptors (Lipinski definition) is 3. The number of nitrogens with two attached hydrogens (primary N) is 1. The first kappa shape index (κ1) is 14.4. The second-order valence-electron chi connectivity index (χ2n) is 4.17. The molecule has 0 unspecified atom stereocenters. The normalized spacial score (nSPS) is 12.1. The number of halogens is 1. The average Bonchev–Trinajstić information content (AvgIpc) is 2.18. The maximum absolute atomic E-state index is 12.1. The minimum absolute atomic E-state index is 0.167. The van der Waals surface area contributed by atoms with Crippen molar-refractivity contribution in [2.45, 2.75) is 38.3 Å². The van der Waals surface area contributed by atoms with E-state index in [0.717, 1.165) is 5.56 Å². The summed E-state index contributed by atoms with van der Waals surface area (Å²) in [6.45, 7) is 5.52. The second-order valence-corrected chi connectivity index (χ2v) is 6.29. The van der Waals surface area contributed by atoms with Crippen LogP contribution < -0.4 is 10.5 Å². The van der Waals surface area contributed by atoms with Crippen molar-refractivity contribution < 1.29 is 8.42 Å². The van der Waals surface area contributed by atoms with Gasteiger partial charge in [-0.2, -0.15) is 0 Å². The van der Waals surface area contributed by atoms with Crippen LogP contribution in [0.5, 0.6) is 0 Å². The molecular weight excluding hydrogens is 260 g/mol. The molecule has 17 heavy (non-hydrogen) atoms. The van der Waals surface area contributed by atoms with Gasteiger partial charge in [0.25, 0.3) is 0 Å². The van der Waals surface area contributed by atoms with E-state index in [1.807, 2.05) is 0 Å². The quantitative estimate of drug-likeness (QED) is 0.881. The van der Waals surface area contributed by atoms with Crippen LogP contribution in [0.4, 0.5) is 0 Å². The van der Waals surface area contributed by atoms with E-state index in [4.69, 9.17) is 17.3 Å². The molecule has 4 nitrogen and oxygen atoms in total. The highest BCUT2D eigenvalue weighted by atomic mass is 35.5. The third-order valence-electron chi connectivity index (χ3n) is 2.33. The summed E-state index contributed by atoms with van der Waals surface area (Å²) in [5, 5.41) is 0.375. The molecule has 1 aromatic rings. The van der Waals surface area contributed by atoms with Crippen LogP contribution in [0.25, 0.3) is 0 Å². The summed E-state index contributed by atoms with van der Waals surface area (Å²) < 4.78 is 26.7. The molecule has 0 aliphatic rings. The Balaban J connectivity index is 3.36. The van der Waals surface area contributed by atoms with Gasteiger partial charge in [0, 0.05) is 17.6 Å². The smallest absolute Gasteiger partial charge is 0.241 e. The molecule has 0 aromatic heterocycles. The van der Waals surface area contributed by atoms with Gasteiger partial charge >= 0.3 is 0 Å². The highest BCUT2D eigenvalue weighted by Gasteiger charge is 2.20. The SMILES string of the molecule is Cc1c(CN)cc(Cl)cc1S(=O)(=O)NC(C)C. The predicted molar refractivity (Wildman–Crippen MR) is 69.5 cm³/mol. The van der Waals surface area contributed by atoms with E-state index in [9.17, 15) is 8.42 Å². The first-order valence-electron chi connectivity index (χ1n) is 5.29. The summed E-state index contributed by atoms with van der Waals surface area (Å²) >= 11 is 5.90. The Bertz CT molecular complexity index is 512. The molecule has 0 bridgehead atoms. The van der Waals surface area contributed by atoms with Gasteiger partial charge in [0.2, 0.25) is 10.0 Å². The highest BCUT2D eigenvalue weighted by molar-refractivity contribution is 7.89. The Labute approximate surface area is 107 Å². The minimum atomic E-state index is -3.54. The number of nitrogens with one attached hydrogen (secondary N) is 1. The number of hydrogen-bond donors (Lipinski definition) is 2. The van der Waals surface area contributed by atoms with Gasteiger partial charge < -0.3 is 5.73 Å². The molecule has 0 fully saturated rings. The maximum atomic E-state index is 12.1. The van der Waals surface area contributed by atoms with E-state index in [2.05, 4.69) is 4.72 Å². The fourth-order valence-corrected chi connectivity index (χ4v) is 3.44. The predicted octanol–water partition coefficient (Wildman–Crippen LogP) is 1.79. The Hall–Kier alpha value is -0.620. The van der Waals surface area contributed by atoms with Gasteiger partial charge in [0.05, 0.1) is 4.90 Å². The zero-order valence-electron chi connectivity index (χ0n) is 10.1. The van der Waals surface area contributed by atoms with Crippen LogP contribution in [0.3, 0.4) is 0 Å². The molecule has 0 amide bonds. The van der Waals surface area contributed by atoms with Crippen LogP contribution in [0.15, 0.2) is 17.0 Å². The largest absolute Gasteiger partial charge is 0.326 e. The summed E-state index contributed by atoms with van der Waals surface area (Å²) in [5.74, 6) is 0. The second kappa shape index (κ2) is 5.35. The monoisotopic (exact) mass is 276 g/mol. The third kappa shape index (κ3) is 3.42. The lowest BCUT2D eigenvalue weighted by atomic mass is 10.1.